The fraction of sp³-hybridized carbons (Fsp3) is 0. The molecule has 0 amide bonds. The van der Waals surface area contributed by atoms with E-state index in [1.807, 2.05) is 11.3 Å². The van der Waals surface area contributed by atoms with Crippen molar-refractivity contribution in [1.82, 2.24) is 0 Å². The van der Waals surface area contributed by atoms with E-state index in [2.05, 4.69) is 252 Å². The maximum Gasteiger partial charge on any atom is 0.0546 e. The summed E-state index contributed by atoms with van der Waals surface area (Å²) in [6.07, 6.45) is 0. The lowest BCUT2D eigenvalue weighted by Gasteiger charge is -2.29. The van der Waals surface area contributed by atoms with Crippen molar-refractivity contribution in [2.45, 2.75) is 0 Å². The summed E-state index contributed by atoms with van der Waals surface area (Å²) >= 11 is 1.86. The van der Waals surface area contributed by atoms with E-state index >= 15 is 0 Å². The first-order valence-electron chi connectivity index (χ1n) is 20.7. The summed E-state index contributed by atoms with van der Waals surface area (Å²) in [7, 11) is 0. The molecule has 0 aliphatic carbocycles. The minimum Gasteiger partial charge on any atom is -0.311 e. The zero-order valence-electron chi connectivity index (χ0n) is 33.4. The van der Waals surface area contributed by atoms with Gasteiger partial charge in [-0.2, -0.15) is 0 Å². The molecule has 0 atom stereocenters. The molecule has 0 aliphatic heterocycles. The Kier molecular flexibility index (Phi) is 9.42. The summed E-state index contributed by atoms with van der Waals surface area (Å²) < 4.78 is 2.58. The van der Waals surface area contributed by atoms with Gasteiger partial charge in [-0.05, 0) is 124 Å². The van der Waals surface area contributed by atoms with Crippen LogP contribution in [0.5, 0.6) is 0 Å². The molecule has 11 rings (SSSR count). The number of fused-ring (bicyclic) bond motifs is 4. The maximum atomic E-state index is 2.44. The Morgan fingerprint density at radius 2 is 0.738 bits per heavy atom. The predicted octanol–water partition coefficient (Wildman–Crippen LogP) is 17.1. The Balaban J connectivity index is 0.978. The Bertz CT molecular complexity index is 3240. The van der Waals surface area contributed by atoms with Crippen molar-refractivity contribution in [3.05, 3.63) is 243 Å². The minimum absolute atomic E-state index is 1.10. The van der Waals surface area contributed by atoms with E-state index in [0.717, 1.165) is 34.1 Å². The van der Waals surface area contributed by atoms with E-state index in [1.54, 1.807) is 0 Å². The standard InChI is InChI=1S/C58H40N2S/c1-4-15-43(16-5-1)55-38-46-17-10-11-18-47(46)39-56(55)60(52-35-36-54-53-25-12-13-26-57(53)61-58(54)40-52)51-33-29-42(30-34-51)45-20-14-19-44(37-45)41-27-31-50(32-28-41)59(48-21-6-2-7-22-48)49-23-8-3-9-24-49/h1-40H. The zero-order chi connectivity index (χ0) is 40.5. The normalized spacial score (nSPS) is 11.3. The van der Waals surface area contributed by atoms with Gasteiger partial charge in [0, 0.05) is 54.2 Å². The molecule has 10 aromatic carbocycles. The Morgan fingerprint density at radius 3 is 1.38 bits per heavy atom. The number of hydrogen-bond donors (Lipinski definition) is 0. The van der Waals surface area contributed by atoms with Gasteiger partial charge in [0.05, 0.1) is 5.69 Å². The average Bonchev–Trinajstić information content (AvgIpc) is 3.71. The van der Waals surface area contributed by atoms with Crippen LogP contribution in [0.1, 0.15) is 0 Å². The maximum absolute atomic E-state index is 2.44. The van der Waals surface area contributed by atoms with Crippen molar-refractivity contribution < 1.29 is 0 Å². The second-order valence-electron chi connectivity index (χ2n) is 15.4. The van der Waals surface area contributed by atoms with Crippen LogP contribution in [0, 0.1) is 0 Å². The molecule has 3 heteroatoms. The quantitative estimate of drug-likeness (QED) is 0.144. The summed E-state index contributed by atoms with van der Waals surface area (Å²) in [5.41, 5.74) is 13.8. The van der Waals surface area contributed by atoms with Gasteiger partial charge in [-0.3, -0.25) is 0 Å². The SMILES string of the molecule is c1ccc(-c2cc3ccccc3cc2N(c2ccc(-c3cccc(-c4ccc(N(c5ccccc5)c5ccccc5)cc4)c3)cc2)c2ccc3c(c2)sc2ccccc23)cc1. The third-order valence-electron chi connectivity index (χ3n) is 11.6. The lowest BCUT2D eigenvalue weighted by atomic mass is 9.96. The van der Waals surface area contributed by atoms with Crippen molar-refractivity contribution in [1.29, 1.82) is 0 Å². The van der Waals surface area contributed by atoms with E-state index in [-0.39, 0.29) is 0 Å². The summed E-state index contributed by atoms with van der Waals surface area (Å²) in [6.45, 7) is 0. The van der Waals surface area contributed by atoms with Gasteiger partial charge in [0.1, 0.15) is 0 Å². The van der Waals surface area contributed by atoms with Crippen LogP contribution in [0.15, 0.2) is 243 Å². The smallest absolute Gasteiger partial charge is 0.0546 e. The van der Waals surface area contributed by atoms with Crippen LogP contribution in [0.4, 0.5) is 34.1 Å². The number of rotatable bonds is 9. The monoisotopic (exact) mass is 796 g/mol. The van der Waals surface area contributed by atoms with Crippen LogP contribution >= 0.6 is 11.3 Å². The molecule has 0 aliphatic rings. The summed E-state index contributed by atoms with van der Waals surface area (Å²) in [5, 5.41) is 5.03. The lowest BCUT2D eigenvalue weighted by molar-refractivity contribution is 1.28. The van der Waals surface area contributed by atoms with Gasteiger partial charge < -0.3 is 9.80 Å². The molecule has 0 fully saturated rings. The molecular weight excluding hydrogens is 757 g/mol. The van der Waals surface area contributed by atoms with Crippen LogP contribution in [0.25, 0.3) is 64.3 Å². The number of anilines is 6. The predicted molar refractivity (Wildman–Crippen MR) is 263 cm³/mol. The molecule has 0 unspecified atom stereocenters. The molecule has 1 aromatic heterocycles. The lowest BCUT2D eigenvalue weighted by Crippen LogP contribution is -2.11. The molecule has 0 N–H and O–H groups in total. The molecule has 0 bridgehead atoms. The van der Waals surface area contributed by atoms with Gasteiger partial charge in [-0.1, -0.05) is 158 Å². The summed E-state index contributed by atoms with van der Waals surface area (Å²) in [6, 6.07) is 87.8. The highest BCUT2D eigenvalue weighted by atomic mass is 32.1. The van der Waals surface area contributed by atoms with Crippen molar-refractivity contribution in [3.8, 4) is 33.4 Å². The molecular formula is C58H40N2S. The molecule has 0 saturated heterocycles. The number of hydrogen-bond acceptors (Lipinski definition) is 3. The van der Waals surface area contributed by atoms with Gasteiger partial charge in [-0.15, -0.1) is 11.3 Å². The molecule has 0 saturated carbocycles. The minimum atomic E-state index is 1.10. The first-order chi connectivity index (χ1) is 30.2. The summed E-state index contributed by atoms with van der Waals surface area (Å²) in [4.78, 5) is 4.74. The van der Waals surface area contributed by atoms with Crippen molar-refractivity contribution >= 4 is 76.4 Å². The van der Waals surface area contributed by atoms with Gasteiger partial charge in [-0.25, -0.2) is 0 Å². The van der Waals surface area contributed by atoms with Gasteiger partial charge in [0.2, 0.25) is 0 Å². The molecule has 288 valence electrons. The Hall–Kier alpha value is -7.72. The third-order valence-corrected chi connectivity index (χ3v) is 12.8. The fourth-order valence-electron chi connectivity index (χ4n) is 8.63. The third kappa shape index (κ3) is 7.01. The van der Waals surface area contributed by atoms with Crippen molar-refractivity contribution in [3.63, 3.8) is 0 Å². The first kappa shape index (κ1) is 36.4. The highest BCUT2D eigenvalue weighted by Gasteiger charge is 2.20. The van der Waals surface area contributed by atoms with Crippen molar-refractivity contribution in [2.24, 2.45) is 0 Å². The van der Waals surface area contributed by atoms with E-state index in [9.17, 15) is 0 Å². The van der Waals surface area contributed by atoms with E-state index < -0.39 is 0 Å². The zero-order valence-corrected chi connectivity index (χ0v) is 34.2. The number of thiophene rings is 1. The van der Waals surface area contributed by atoms with Crippen LogP contribution < -0.4 is 9.80 Å². The summed E-state index contributed by atoms with van der Waals surface area (Å²) in [5.74, 6) is 0. The van der Waals surface area contributed by atoms with Gasteiger partial charge >= 0.3 is 0 Å². The number of benzene rings is 10. The molecule has 11 aromatic rings. The average molecular weight is 797 g/mol. The molecule has 61 heavy (non-hydrogen) atoms. The van der Waals surface area contributed by atoms with Crippen LogP contribution in [-0.2, 0) is 0 Å². The fourth-order valence-corrected chi connectivity index (χ4v) is 9.77. The molecule has 2 nitrogen and oxygen atoms in total. The topological polar surface area (TPSA) is 6.48 Å². The van der Waals surface area contributed by atoms with Crippen LogP contribution in [-0.4, -0.2) is 0 Å². The Labute approximate surface area is 360 Å². The molecule has 0 spiro atoms. The van der Waals surface area contributed by atoms with Crippen LogP contribution in [0.2, 0.25) is 0 Å². The largest absolute Gasteiger partial charge is 0.311 e. The van der Waals surface area contributed by atoms with E-state index in [4.69, 9.17) is 0 Å². The second kappa shape index (κ2) is 15.8. The second-order valence-corrected chi connectivity index (χ2v) is 16.5. The number of para-hydroxylation sites is 2. The van der Waals surface area contributed by atoms with E-state index in [1.165, 1.54) is 64.3 Å². The Morgan fingerprint density at radius 1 is 0.262 bits per heavy atom. The molecule has 1 heterocycles. The first-order valence-corrected chi connectivity index (χ1v) is 21.6. The molecule has 0 radical (unpaired) electrons. The highest BCUT2D eigenvalue weighted by molar-refractivity contribution is 7.25. The highest BCUT2D eigenvalue weighted by Crippen LogP contribution is 2.46. The van der Waals surface area contributed by atoms with Crippen molar-refractivity contribution in [2.75, 3.05) is 9.80 Å². The van der Waals surface area contributed by atoms with Crippen LogP contribution in [0.3, 0.4) is 0 Å². The van der Waals surface area contributed by atoms with E-state index in [0.29, 0.717) is 0 Å². The number of nitrogens with zero attached hydrogens (tertiary/aromatic N) is 2. The van der Waals surface area contributed by atoms with Gasteiger partial charge in [0.25, 0.3) is 0 Å². The van der Waals surface area contributed by atoms with Gasteiger partial charge in [0.15, 0.2) is 0 Å².